The Hall–Kier alpha value is -2.88. The summed E-state index contributed by atoms with van der Waals surface area (Å²) >= 11 is 0. The molecule has 0 radical (unpaired) electrons. The first-order chi connectivity index (χ1) is 10.1. The number of rotatable bonds is 2. The van der Waals surface area contributed by atoms with Gasteiger partial charge in [0.25, 0.3) is 5.91 Å². The molecular formula is C17H13FN2O. The van der Waals surface area contributed by atoms with Crippen LogP contribution in [0.2, 0.25) is 0 Å². The number of halogens is 1. The molecule has 3 aromatic rings. The summed E-state index contributed by atoms with van der Waals surface area (Å²) in [5, 5.41) is 4.70. The minimum atomic E-state index is -0.550. The van der Waals surface area contributed by atoms with E-state index >= 15 is 0 Å². The Balaban J connectivity index is 1.87. The Labute approximate surface area is 121 Å². The second-order valence-corrected chi connectivity index (χ2v) is 4.75. The van der Waals surface area contributed by atoms with Crippen molar-refractivity contribution in [2.24, 2.45) is 0 Å². The number of nitrogen functional groups attached to an aromatic ring is 1. The van der Waals surface area contributed by atoms with Gasteiger partial charge in [-0.15, -0.1) is 0 Å². The van der Waals surface area contributed by atoms with Gasteiger partial charge in [0.05, 0.1) is 5.69 Å². The first-order valence-electron chi connectivity index (χ1n) is 6.49. The van der Waals surface area contributed by atoms with E-state index in [1.165, 1.54) is 12.1 Å². The molecule has 0 saturated carbocycles. The first kappa shape index (κ1) is 13.1. The van der Waals surface area contributed by atoms with Crippen LogP contribution in [0.4, 0.5) is 15.8 Å². The van der Waals surface area contributed by atoms with Crippen LogP contribution < -0.4 is 11.1 Å². The van der Waals surface area contributed by atoms with Gasteiger partial charge in [0.15, 0.2) is 0 Å². The predicted molar refractivity (Wildman–Crippen MR) is 82.7 cm³/mol. The lowest BCUT2D eigenvalue weighted by atomic mass is 10.1. The van der Waals surface area contributed by atoms with E-state index in [4.69, 9.17) is 5.73 Å². The minimum Gasteiger partial charge on any atom is -0.396 e. The predicted octanol–water partition coefficient (Wildman–Crippen LogP) is 3.81. The van der Waals surface area contributed by atoms with Crippen molar-refractivity contribution in [3.8, 4) is 0 Å². The van der Waals surface area contributed by atoms with Crippen LogP contribution in [0.15, 0.2) is 60.7 Å². The summed E-state index contributed by atoms with van der Waals surface area (Å²) in [5.41, 5.74) is 6.35. The summed E-state index contributed by atoms with van der Waals surface area (Å²) in [6.45, 7) is 0. The van der Waals surface area contributed by atoms with E-state index in [0.717, 1.165) is 10.8 Å². The number of anilines is 2. The molecule has 0 aromatic heterocycles. The highest BCUT2D eigenvalue weighted by atomic mass is 19.1. The second kappa shape index (κ2) is 5.25. The molecule has 3 aromatic carbocycles. The molecule has 0 spiro atoms. The molecule has 0 bridgehead atoms. The third-order valence-electron chi connectivity index (χ3n) is 3.27. The van der Waals surface area contributed by atoms with Crippen LogP contribution >= 0.6 is 0 Å². The molecular weight excluding hydrogens is 267 g/mol. The van der Waals surface area contributed by atoms with E-state index < -0.39 is 5.82 Å². The number of benzene rings is 3. The van der Waals surface area contributed by atoms with Gasteiger partial charge in [0, 0.05) is 11.3 Å². The molecule has 0 unspecified atom stereocenters. The Morgan fingerprint density at radius 1 is 0.952 bits per heavy atom. The van der Waals surface area contributed by atoms with Gasteiger partial charge in [-0.1, -0.05) is 30.3 Å². The van der Waals surface area contributed by atoms with E-state index in [1.807, 2.05) is 30.3 Å². The van der Waals surface area contributed by atoms with Gasteiger partial charge in [-0.25, -0.2) is 4.39 Å². The molecule has 0 aliphatic carbocycles. The summed E-state index contributed by atoms with van der Waals surface area (Å²) in [4.78, 5) is 12.2. The number of hydrogen-bond acceptors (Lipinski definition) is 2. The fourth-order valence-electron chi connectivity index (χ4n) is 2.14. The number of amides is 1. The van der Waals surface area contributed by atoms with Crippen LogP contribution in [0, 0.1) is 5.82 Å². The molecule has 0 fully saturated rings. The highest BCUT2D eigenvalue weighted by Crippen LogP contribution is 2.19. The van der Waals surface area contributed by atoms with Crippen molar-refractivity contribution in [2.75, 3.05) is 11.1 Å². The summed E-state index contributed by atoms with van der Waals surface area (Å²) < 4.78 is 13.4. The van der Waals surface area contributed by atoms with Gasteiger partial charge < -0.3 is 11.1 Å². The van der Waals surface area contributed by atoms with Crippen molar-refractivity contribution in [1.29, 1.82) is 0 Å². The average Bonchev–Trinajstić information content (AvgIpc) is 2.50. The zero-order valence-corrected chi connectivity index (χ0v) is 11.1. The molecule has 0 heterocycles. The fraction of sp³-hybridized carbons (Fsp3) is 0. The Morgan fingerprint density at radius 3 is 2.48 bits per heavy atom. The van der Waals surface area contributed by atoms with Gasteiger partial charge >= 0.3 is 0 Å². The van der Waals surface area contributed by atoms with Gasteiger partial charge in [-0.2, -0.15) is 0 Å². The highest BCUT2D eigenvalue weighted by molar-refractivity contribution is 6.06. The number of nitrogens with two attached hydrogens (primary N) is 1. The van der Waals surface area contributed by atoms with E-state index in [9.17, 15) is 9.18 Å². The molecule has 3 rings (SSSR count). The lowest BCUT2D eigenvalue weighted by molar-refractivity contribution is 0.102. The maximum Gasteiger partial charge on any atom is 0.255 e. The number of fused-ring (bicyclic) bond motifs is 1. The average molecular weight is 280 g/mol. The summed E-state index contributed by atoms with van der Waals surface area (Å²) in [7, 11) is 0. The smallest absolute Gasteiger partial charge is 0.255 e. The molecule has 0 aliphatic rings. The quantitative estimate of drug-likeness (QED) is 0.701. The minimum absolute atomic E-state index is 0.0544. The third kappa shape index (κ3) is 2.69. The molecule has 1 amide bonds. The first-order valence-corrected chi connectivity index (χ1v) is 6.49. The zero-order chi connectivity index (χ0) is 14.8. The van der Waals surface area contributed by atoms with Crippen LogP contribution in [0.25, 0.3) is 10.8 Å². The molecule has 104 valence electrons. The Kier molecular flexibility index (Phi) is 3.28. The zero-order valence-electron chi connectivity index (χ0n) is 11.1. The van der Waals surface area contributed by atoms with Crippen LogP contribution in [0.5, 0.6) is 0 Å². The van der Waals surface area contributed by atoms with E-state index in [1.54, 1.807) is 18.2 Å². The van der Waals surface area contributed by atoms with Crippen molar-refractivity contribution in [3.05, 3.63) is 72.0 Å². The standard InChI is InChI=1S/C17H13FN2O/c18-15-10-14(7-8-16(15)19)20-17(21)13-6-5-11-3-1-2-4-12(11)9-13/h1-10H,19H2,(H,20,21). The van der Waals surface area contributed by atoms with E-state index in [2.05, 4.69) is 5.32 Å². The van der Waals surface area contributed by atoms with Gasteiger partial charge in [-0.3, -0.25) is 4.79 Å². The highest BCUT2D eigenvalue weighted by Gasteiger charge is 2.08. The van der Waals surface area contributed by atoms with Gasteiger partial charge in [0.2, 0.25) is 0 Å². The molecule has 3 N–H and O–H groups in total. The number of nitrogens with one attached hydrogen (secondary N) is 1. The van der Waals surface area contributed by atoms with Crippen molar-refractivity contribution in [2.45, 2.75) is 0 Å². The Morgan fingerprint density at radius 2 is 1.71 bits per heavy atom. The number of carbonyl (C=O) groups is 1. The SMILES string of the molecule is Nc1ccc(NC(=O)c2ccc3ccccc3c2)cc1F. The summed E-state index contributed by atoms with van der Waals surface area (Å²) in [6.07, 6.45) is 0. The monoisotopic (exact) mass is 280 g/mol. The van der Waals surface area contributed by atoms with Crippen LogP contribution in [-0.4, -0.2) is 5.91 Å². The van der Waals surface area contributed by atoms with E-state index in [0.29, 0.717) is 11.3 Å². The van der Waals surface area contributed by atoms with Crippen molar-refractivity contribution >= 4 is 28.1 Å². The van der Waals surface area contributed by atoms with Gasteiger partial charge in [-0.05, 0) is 41.1 Å². The lowest BCUT2D eigenvalue weighted by Gasteiger charge is -2.07. The molecule has 21 heavy (non-hydrogen) atoms. The van der Waals surface area contributed by atoms with Crippen molar-refractivity contribution in [1.82, 2.24) is 0 Å². The summed E-state index contributed by atoms with van der Waals surface area (Å²) in [6, 6.07) is 17.4. The lowest BCUT2D eigenvalue weighted by Crippen LogP contribution is -2.12. The Bertz CT molecular complexity index is 830. The maximum atomic E-state index is 13.4. The van der Waals surface area contributed by atoms with Crippen LogP contribution in [-0.2, 0) is 0 Å². The second-order valence-electron chi connectivity index (χ2n) is 4.75. The molecule has 0 saturated heterocycles. The molecule has 0 atom stereocenters. The molecule has 0 aliphatic heterocycles. The fourth-order valence-corrected chi connectivity index (χ4v) is 2.14. The van der Waals surface area contributed by atoms with Crippen LogP contribution in [0.1, 0.15) is 10.4 Å². The van der Waals surface area contributed by atoms with Gasteiger partial charge in [0.1, 0.15) is 5.82 Å². The van der Waals surface area contributed by atoms with E-state index in [-0.39, 0.29) is 11.6 Å². The third-order valence-corrected chi connectivity index (χ3v) is 3.27. The summed E-state index contributed by atoms with van der Waals surface area (Å²) in [5.74, 6) is -0.837. The van der Waals surface area contributed by atoms with Crippen LogP contribution in [0.3, 0.4) is 0 Å². The topological polar surface area (TPSA) is 55.1 Å². The van der Waals surface area contributed by atoms with Crippen molar-refractivity contribution in [3.63, 3.8) is 0 Å². The normalized spacial score (nSPS) is 10.5. The largest absolute Gasteiger partial charge is 0.396 e. The number of carbonyl (C=O) groups excluding carboxylic acids is 1. The van der Waals surface area contributed by atoms with Crippen molar-refractivity contribution < 1.29 is 9.18 Å². The number of hydrogen-bond donors (Lipinski definition) is 2. The molecule has 4 heteroatoms. The molecule has 3 nitrogen and oxygen atoms in total. The maximum absolute atomic E-state index is 13.4.